The highest BCUT2D eigenvalue weighted by Gasteiger charge is 2.03. The number of methoxy groups -OCH3 is 1. The van der Waals surface area contributed by atoms with Crippen LogP contribution in [0.1, 0.15) is 21.5 Å². The number of esters is 1. The Kier molecular flexibility index (Phi) is 5.65. The summed E-state index contributed by atoms with van der Waals surface area (Å²) >= 11 is 0. The first-order valence-electron chi connectivity index (χ1n) is 8.29. The molecule has 2 nitrogen and oxygen atoms in total. The minimum atomic E-state index is -0.345. The Morgan fingerprint density at radius 1 is 0.885 bits per heavy atom. The number of carbonyl (C=O) groups excluding carboxylic acids is 1. The molecule has 3 aromatic rings. The molecule has 0 radical (unpaired) electrons. The van der Waals surface area contributed by atoms with Crippen LogP contribution in [0.15, 0.2) is 84.9 Å². The Balaban J connectivity index is 1.76. The maximum atomic E-state index is 11.4. The minimum absolute atomic E-state index is 0.345. The molecule has 0 bridgehead atoms. The summed E-state index contributed by atoms with van der Waals surface area (Å²) in [7, 11) is 1.37. The normalized spacial score (nSPS) is 10.2. The van der Waals surface area contributed by atoms with Gasteiger partial charge in [0.1, 0.15) is 0 Å². The van der Waals surface area contributed by atoms with Crippen LogP contribution in [0, 0.1) is 11.8 Å². The molecule has 26 heavy (non-hydrogen) atoms. The van der Waals surface area contributed by atoms with Crippen molar-refractivity contribution in [3.05, 3.63) is 102 Å². The summed E-state index contributed by atoms with van der Waals surface area (Å²) in [6, 6.07) is 25.6. The van der Waals surface area contributed by atoms with Crippen molar-refractivity contribution in [2.45, 2.75) is 0 Å². The summed E-state index contributed by atoms with van der Waals surface area (Å²) in [5, 5.41) is 0. The standard InChI is InChI=1S/C24H18O2/c1-26-24(25)22-17-15-19(16-18-22)9-5-6-12-21-13-7-8-14-23(21)20-10-3-2-4-11-20/h2-4,6-8,10-18H,1H3. The first-order chi connectivity index (χ1) is 12.8. The molecule has 0 amide bonds. The smallest absolute Gasteiger partial charge is 0.337 e. The predicted octanol–water partition coefficient (Wildman–Crippen LogP) is 5.21. The summed E-state index contributed by atoms with van der Waals surface area (Å²) in [4.78, 5) is 11.4. The highest BCUT2D eigenvalue weighted by molar-refractivity contribution is 5.89. The molecule has 0 spiro atoms. The quantitative estimate of drug-likeness (QED) is 0.484. The van der Waals surface area contributed by atoms with Crippen molar-refractivity contribution in [3.8, 4) is 23.0 Å². The summed E-state index contributed by atoms with van der Waals surface area (Å²) in [6.45, 7) is 0. The van der Waals surface area contributed by atoms with E-state index in [-0.39, 0.29) is 5.97 Å². The third-order valence-corrected chi connectivity index (χ3v) is 3.91. The number of benzene rings is 3. The predicted molar refractivity (Wildman–Crippen MR) is 106 cm³/mol. The largest absolute Gasteiger partial charge is 0.465 e. The summed E-state index contributed by atoms with van der Waals surface area (Å²) in [5.74, 6) is 5.77. The lowest BCUT2D eigenvalue weighted by Gasteiger charge is -2.05. The third-order valence-electron chi connectivity index (χ3n) is 3.91. The van der Waals surface area contributed by atoms with Crippen molar-refractivity contribution in [1.29, 1.82) is 0 Å². The van der Waals surface area contributed by atoms with Crippen molar-refractivity contribution in [1.82, 2.24) is 0 Å². The second-order valence-electron chi connectivity index (χ2n) is 5.62. The minimum Gasteiger partial charge on any atom is -0.465 e. The van der Waals surface area contributed by atoms with Crippen LogP contribution >= 0.6 is 0 Å². The van der Waals surface area contributed by atoms with E-state index in [0.29, 0.717) is 5.56 Å². The molecule has 0 aliphatic carbocycles. The van der Waals surface area contributed by atoms with Crippen LogP contribution in [0.5, 0.6) is 0 Å². The maximum absolute atomic E-state index is 11.4. The van der Waals surface area contributed by atoms with E-state index < -0.39 is 0 Å². The van der Waals surface area contributed by atoms with Crippen molar-refractivity contribution in [2.75, 3.05) is 7.11 Å². The highest BCUT2D eigenvalue weighted by atomic mass is 16.5. The van der Waals surface area contributed by atoms with Gasteiger partial charge in [-0.25, -0.2) is 4.79 Å². The van der Waals surface area contributed by atoms with Gasteiger partial charge in [-0.15, -0.1) is 0 Å². The molecule has 0 heterocycles. The maximum Gasteiger partial charge on any atom is 0.337 e. The summed E-state index contributed by atoms with van der Waals surface area (Å²) in [5.41, 5.74) is 4.84. The van der Waals surface area contributed by atoms with E-state index in [0.717, 1.165) is 11.1 Å². The number of hydrogen-bond donors (Lipinski definition) is 0. The molecule has 0 saturated carbocycles. The molecule has 0 fully saturated rings. The number of allylic oxidation sites excluding steroid dienone is 1. The number of ether oxygens (including phenoxy) is 1. The lowest BCUT2D eigenvalue weighted by atomic mass is 9.99. The molecule has 0 unspecified atom stereocenters. The van der Waals surface area contributed by atoms with Gasteiger partial charge in [0, 0.05) is 5.56 Å². The number of rotatable bonds is 3. The third kappa shape index (κ3) is 4.28. The highest BCUT2D eigenvalue weighted by Crippen LogP contribution is 2.24. The Morgan fingerprint density at radius 2 is 1.58 bits per heavy atom. The van der Waals surface area contributed by atoms with Crippen LogP contribution in [-0.2, 0) is 4.74 Å². The second-order valence-corrected chi connectivity index (χ2v) is 5.62. The molecular formula is C24H18O2. The van der Waals surface area contributed by atoms with Crippen molar-refractivity contribution in [3.63, 3.8) is 0 Å². The van der Waals surface area contributed by atoms with Gasteiger partial charge in [0.25, 0.3) is 0 Å². The fourth-order valence-electron chi connectivity index (χ4n) is 2.59. The van der Waals surface area contributed by atoms with Crippen LogP contribution in [0.2, 0.25) is 0 Å². The van der Waals surface area contributed by atoms with E-state index in [1.807, 2.05) is 54.6 Å². The van der Waals surface area contributed by atoms with Gasteiger partial charge in [0.15, 0.2) is 0 Å². The van der Waals surface area contributed by atoms with E-state index in [1.165, 1.54) is 18.2 Å². The van der Waals surface area contributed by atoms with Gasteiger partial charge in [-0.05, 0) is 53.1 Å². The van der Waals surface area contributed by atoms with Gasteiger partial charge in [-0.3, -0.25) is 0 Å². The Labute approximate surface area is 153 Å². The SMILES string of the molecule is COC(=O)c1ccc(C#CC=Cc2ccccc2-c2ccccc2)cc1. The summed E-state index contributed by atoms with van der Waals surface area (Å²) in [6.07, 6.45) is 3.86. The first-order valence-corrected chi connectivity index (χ1v) is 8.29. The lowest BCUT2D eigenvalue weighted by Crippen LogP contribution is -2.00. The monoisotopic (exact) mass is 338 g/mol. The molecular weight excluding hydrogens is 320 g/mol. The van der Waals surface area contributed by atoms with Gasteiger partial charge in [0.2, 0.25) is 0 Å². The Hall–Kier alpha value is -3.57. The lowest BCUT2D eigenvalue weighted by molar-refractivity contribution is 0.0600. The molecule has 3 aromatic carbocycles. The average Bonchev–Trinajstić information content (AvgIpc) is 2.72. The van der Waals surface area contributed by atoms with E-state index >= 15 is 0 Å². The molecule has 126 valence electrons. The molecule has 3 rings (SSSR count). The second kappa shape index (κ2) is 8.50. The fourth-order valence-corrected chi connectivity index (χ4v) is 2.59. The zero-order valence-corrected chi connectivity index (χ0v) is 14.5. The zero-order chi connectivity index (χ0) is 18.2. The van der Waals surface area contributed by atoms with Gasteiger partial charge >= 0.3 is 5.97 Å². The molecule has 0 saturated heterocycles. The van der Waals surface area contributed by atoms with Gasteiger partial charge in [-0.2, -0.15) is 0 Å². The molecule has 0 aliphatic rings. The van der Waals surface area contributed by atoms with E-state index in [1.54, 1.807) is 12.1 Å². The van der Waals surface area contributed by atoms with Crippen LogP contribution in [0.4, 0.5) is 0 Å². The average molecular weight is 338 g/mol. The first kappa shape index (κ1) is 17.3. The Morgan fingerprint density at radius 3 is 2.31 bits per heavy atom. The molecule has 0 atom stereocenters. The van der Waals surface area contributed by atoms with Gasteiger partial charge in [0.05, 0.1) is 12.7 Å². The molecule has 0 N–H and O–H groups in total. The summed E-state index contributed by atoms with van der Waals surface area (Å²) < 4.78 is 4.69. The number of hydrogen-bond acceptors (Lipinski definition) is 2. The van der Waals surface area contributed by atoms with Crippen molar-refractivity contribution >= 4 is 12.0 Å². The topological polar surface area (TPSA) is 26.3 Å². The molecule has 0 aromatic heterocycles. The van der Waals surface area contributed by atoms with Crippen LogP contribution < -0.4 is 0 Å². The fraction of sp³-hybridized carbons (Fsp3) is 0.0417. The van der Waals surface area contributed by atoms with E-state index in [9.17, 15) is 4.79 Å². The van der Waals surface area contributed by atoms with Crippen molar-refractivity contribution < 1.29 is 9.53 Å². The molecule has 0 aliphatic heterocycles. The zero-order valence-electron chi connectivity index (χ0n) is 14.5. The van der Waals surface area contributed by atoms with Crippen molar-refractivity contribution in [2.24, 2.45) is 0 Å². The van der Waals surface area contributed by atoms with E-state index in [4.69, 9.17) is 0 Å². The van der Waals surface area contributed by atoms with E-state index in [2.05, 4.69) is 40.8 Å². The van der Waals surface area contributed by atoms with Gasteiger partial charge in [-0.1, -0.05) is 66.4 Å². The molecule has 2 heteroatoms. The number of carbonyl (C=O) groups is 1. The van der Waals surface area contributed by atoms with Gasteiger partial charge < -0.3 is 4.74 Å². The van der Waals surface area contributed by atoms with Crippen LogP contribution in [0.25, 0.3) is 17.2 Å². The Bertz CT molecular complexity index is 972. The van der Waals surface area contributed by atoms with Crippen LogP contribution in [0.3, 0.4) is 0 Å². The van der Waals surface area contributed by atoms with Crippen LogP contribution in [-0.4, -0.2) is 13.1 Å².